The number of halogens is 2. The summed E-state index contributed by atoms with van der Waals surface area (Å²) in [6.07, 6.45) is 4.60. The van der Waals surface area contributed by atoms with Crippen LogP contribution in [0.2, 0.25) is 30.7 Å². The molecule has 5 rings (SSSR count). The average Bonchev–Trinajstić information content (AvgIpc) is 3.48. The Morgan fingerprint density at radius 1 is 1.10 bits per heavy atom. The van der Waals surface area contributed by atoms with Crippen LogP contribution in [0.4, 0.5) is 4.39 Å². The van der Waals surface area contributed by atoms with Gasteiger partial charge in [0.1, 0.15) is 40.9 Å². The molecular formula is C27H28ClFN6O4Si. The van der Waals surface area contributed by atoms with Crippen LogP contribution >= 0.6 is 11.6 Å². The van der Waals surface area contributed by atoms with Gasteiger partial charge in [-0.3, -0.25) is 14.5 Å². The highest BCUT2D eigenvalue weighted by molar-refractivity contribution is 6.76. The van der Waals surface area contributed by atoms with Crippen molar-refractivity contribution >= 4 is 47.7 Å². The first kappa shape index (κ1) is 27.7. The Morgan fingerprint density at radius 2 is 1.85 bits per heavy atom. The van der Waals surface area contributed by atoms with E-state index in [9.17, 15) is 4.79 Å². The van der Waals surface area contributed by atoms with Crippen molar-refractivity contribution in [1.82, 2.24) is 29.3 Å². The molecule has 0 aliphatic rings. The number of hydrogen-bond donors (Lipinski definition) is 1. The number of imidazole rings is 1. The molecule has 0 unspecified atom stereocenters. The summed E-state index contributed by atoms with van der Waals surface area (Å²) in [4.78, 5) is 24.4. The second kappa shape index (κ2) is 10.9. The van der Waals surface area contributed by atoms with Crippen LogP contribution in [-0.2, 0) is 22.8 Å². The van der Waals surface area contributed by atoms with Gasteiger partial charge in [-0.2, -0.15) is 5.10 Å². The first-order chi connectivity index (χ1) is 19.0. The molecule has 40 heavy (non-hydrogen) atoms. The average molecular weight is 583 g/mol. The van der Waals surface area contributed by atoms with Crippen LogP contribution in [0.15, 0.2) is 42.9 Å². The smallest absolute Gasteiger partial charge is 0.325 e. The zero-order valence-electron chi connectivity index (χ0n) is 22.5. The Balaban J connectivity index is 1.44. The van der Waals surface area contributed by atoms with E-state index in [1.54, 1.807) is 35.2 Å². The summed E-state index contributed by atoms with van der Waals surface area (Å²) in [6.45, 7) is 9.14. The minimum absolute atomic E-state index is 0.0175. The standard InChI is InChI=1S/C27H28ClFN6O4Si/c1-16-32-19-6-8-22(25(29)27(19)35(16)15-38-9-10-40(2,3)4)39-21-7-5-18-26(24(21)28)33-20(12-30-18)17-11-31-34(13-17)14-23(36)37/h5-8,11-13H,9-10,14-15H2,1-4H3,(H,36,37). The van der Waals surface area contributed by atoms with Crippen molar-refractivity contribution in [1.29, 1.82) is 0 Å². The molecule has 0 aliphatic carbocycles. The van der Waals surface area contributed by atoms with Crippen LogP contribution in [0.25, 0.3) is 33.3 Å². The first-order valence-corrected chi connectivity index (χ1v) is 16.7. The third kappa shape index (κ3) is 5.83. The van der Waals surface area contributed by atoms with E-state index in [1.165, 1.54) is 16.9 Å². The van der Waals surface area contributed by atoms with Gasteiger partial charge in [-0.05, 0) is 37.2 Å². The molecule has 2 aromatic carbocycles. The number of benzene rings is 2. The number of carbonyl (C=O) groups is 1. The zero-order valence-corrected chi connectivity index (χ0v) is 24.2. The van der Waals surface area contributed by atoms with Crippen LogP contribution in [0.5, 0.6) is 11.5 Å². The fraction of sp³-hybridized carbons (Fsp3) is 0.296. The van der Waals surface area contributed by atoms with E-state index >= 15 is 4.39 Å². The minimum atomic E-state index is -1.25. The molecule has 0 radical (unpaired) electrons. The normalized spacial score (nSPS) is 11.9. The number of aryl methyl sites for hydroxylation is 1. The summed E-state index contributed by atoms with van der Waals surface area (Å²) in [5.74, 6) is -0.765. The lowest BCUT2D eigenvalue weighted by Gasteiger charge is -2.16. The summed E-state index contributed by atoms with van der Waals surface area (Å²) < 4.78 is 30.6. The molecular weight excluding hydrogens is 555 g/mol. The second-order valence-corrected chi connectivity index (χ2v) is 16.6. The Bertz CT molecular complexity index is 1730. The maximum Gasteiger partial charge on any atom is 0.325 e. The molecule has 1 N–H and O–H groups in total. The summed E-state index contributed by atoms with van der Waals surface area (Å²) >= 11 is 6.67. The van der Waals surface area contributed by atoms with Gasteiger partial charge in [0.25, 0.3) is 0 Å². The largest absolute Gasteiger partial charge is 0.480 e. The molecule has 0 aliphatic heterocycles. The van der Waals surface area contributed by atoms with Crippen molar-refractivity contribution < 1.29 is 23.8 Å². The maximum absolute atomic E-state index is 15.8. The fourth-order valence-corrected chi connectivity index (χ4v) is 5.13. The lowest BCUT2D eigenvalue weighted by molar-refractivity contribution is -0.137. The molecule has 13 heteroatoms. The van der Waals surface area contributed by atoms with Crippen LogP contribution < -0.4 is 4.74 Å². The molecule has 5 aromatic rings. The summed E-state index contributed by atoms with van der Waals surface area (Å²) in [5, 5.41) is 13.2. The van der Waals surface area contributed by atoms with Gasteiger partial charge in [-0.25, -0.2) is 14.4 Å². The monoisotopic (exact) mass is 582 g/mol. The Kier molecular flexibility index (Phi) is 7.58. The van der Waals surface area contributed by atoms with Crippen LogP contribution in [0.3, 0.4) is 0 Å². The second-order valence-electron chi connectivity index (χ2n) is 10.6. The van der Waals surface area contributed by atoms with Gasteiger partial charge in [0.2, 0.25) is 0 Å². The van der Waals surface area contributed by atoms with E-state index in [-0.39, 0.29) is 29.8 Å². The first-order valence-electron chi connectivity index (χ1n) is 12.6. The zero-order chi connectivity index (χ0) is 28.6. The predicted octanol–water partition coefficient (Wildman–Crippen LogP) is 6.13. The molecule has 3 aromatic heterocycles. The summed E-state index contributed by atoms with van der Waals surface area (Å²) in [6, 6.07) is 7.50. The third-order valence-electron chi connectivity index (χ3n) is 6.28. The van der Waals surface area contributed by atoms with Gasteiger partial charge in [0.15, 0.2) is 11.6 Å². The lowest BCUT2D eigenvalue weighted by atomic mass is 10.2. The molecule has 0 spiro atoms. The third-order valence-corrected chi connectivity index (χ3v) is 8.35. The fourth-order valence-electron chi connectivity index (χ4n) is 4.13. The molecule has 0 atom stereocenters. The van der Waals surface area contributed by atoms with Crippen LogP contribution in [0.1, 0.15) is 5.82 Å². The van der Waals surface area contributed by atoms with E-state index in [1.807, 2.05) is 6.92 Å². The SMILES string of the molecule is Cc1nc2ccc(Oc3ccc4ncc(-c5cnn(CC(=O)O)c5)nc4c3Cl)c(F)c2n1COCC[Si](C)(C)C. The Hall–Kier alpha value is -3.87. The predicted molar refractivity (Wildman–Crippen MR) is 152 cm³/mol. The van der Waals surface area contributed by atoms with Gasteiger partial charge in [0, 0.05) is 26.4 Å². The van der Waals surface area contributed by atoms with Crippen molar-refractivity contribution in [3.05, 3.63) is 59.5 Å². The number of carboxylic acids is 1. The van der Waals surface area contributed by atoms with E-state index in [2.05, 4.69) is 39.7 Å². The molecule has 0 saturated heterocycles. The molecule has 0 bridgehead atoms. The van der Waals surface area contributed by atoms with Crippen molar-refractivity contribution in [2.75, 3.05) is 6.61 Å². The van der Waals surface area contributed by atoms with E-state index in [0.29, 0.717) is 45.8 Å². The minimum Gasteiger partial charge on any atom is -0.480 e. The number of aliphatic carboxylic acids is 1. The van der Waals surface area contributed by atoms with Gasteiger partial charge in [-0.1, -0.05) is 31.2 Å². The van der Waals surface area contributed by atoms with Crippen molar-refractivity contribution in [3.8, 4) is 22.8 Å². The summed E-state index contributed by atoms with van der Waals surface area (Å²) in [5.41, 5.74) is 2.68. The van der Waals surface area contributed by atoms with E-state index in [4.69, 9.17) is 26.2 Å². The van der Waals surface area contributed by atoms with Crippen molar-refractivity contribution in [3.63, 3.8) is 0 Å². The van der Waals surface area contributed by atoms with Gasteiger partial charge in [0.05, 0.1) is 29.1 Å². The number of nitrogens with zero attached hydrogens (tertiary/aromatic N) is 6. The van der Waals surface area contributed by atoms with Gasteiger partial charge < -0.3 is 19.1 Å². The Morgan fingerprint density at radius 3 is 2.60 bits per heavy atom. The lowest BCUT2D eigenvalue weighted by Crippen LogP contribution is -2.22. The number of hydrogen-bond acceptors (Lipinski definition) is 7. The Labute approximate surface area is 235 Å². The number of carboxylic acid groups (broad SMARTS) is 1. The van der Waals surface area contributed by atoms with E-state index in [0.717, 1.165) is 6.04 Å². The molecule has 0 saturated carbocycles. The topological polar surface area (TPSA) is 117 Å². The van der Waals surface area contributed by atoms with Crippen LogP contribution in [-0.4, -0.2) is 55.1 Å². The van der Waals surface area contributed by atoms with Crippen LogP contribution in [0, 0.1) is 12.7 Å². The van der Waals surface area contributed by atoms with Gasteiger partial charge >= 0.3 is 5.97 Å². The highest BCUT2D eigenvalue weighted by Crippen LogP contribution is 2.37. The molecule has 3 heterocycles. The highest BCUT2D eigenvalue weighted by atomic mass is 35.5. The molecule has 0 amide bonds. The molecule has 208 valence electrons. The number of rotatable bonds is 10. The summed E-state index contributed by atoms with van der Waals surface area (Å²) in [7, 11) is -1.25. The number of ether oxygens (including phenoxy) is 2. The number of fused-ring (bicyclic) bond motifs is 2. The van der Waals surface area contributed by atoms with Crippen molar-refractivity contribution in [2.24, 2.45) is 0 Å². The molecule has 10 nitrogen and oxygen atoms in total. The quantitative estimate of drug-likeness (QED) is 0.154. The number of aromatic nitrogens is 6. The van der Waals surface area contributed by atoms with E-state index < -0.39 is 19.9 Å². The van der Waals surface area contributed by atoms with Crippen molar-refractivity contribution in [2.45, 2.75) is 45.9 Å². The molecule has 0 fully saturated rings. The maximum atomic E-state index is 15.8. The van der Waals surface area contributed by atoms with Gasteiger partial charge in [-0.15, -0.1) is 0 Å². The highest BCUT2D eigenvalue weighted by Gasteiger charge is 2.20.